The number of nitrogens with zero attached hydrogens (tertiary/aromatic N) is 4. The van der Waals surface area contributed by atoms with Crippen molar-refractivity contribution < 1.29 is 9.18 Å². The number of nitrogens with one attached hydrogen (secondary N) is 1. The fourth-order valence-electron chi connectivity index (χ4n) is 3.46. The zero-order chi connectivity index (χ0) is 22.3. The first-order valence-corrected chi connectivity index (χ1v) is 11.7. The molecule has 1 aromatic heterocycles. The molecule has 0 aliphatic carbocycles. The highest BCUT2D eigenvalue weighted by atomic mass is 35.5. The second kappa shape index (κ2) is 10.7. The molecule has 2 heterocycles. The van der Waals surface area contributed by atoms with Crippen molar-refractivity contribution in [3.8, 4) is 0 Å². The predicted molar refractivity (Wildman–Crippen MR) is 127 cm³/mol. The van der Waals surface area contributed by atoms with E-state index in [1.165, 1.54) is 24.2 Å². The lowest BCUT2D eigenvalue weighted by molar-refractivity contribution is -0.118. The molecular weight excluding hydrogens is 449 g/mol. The average Bonchev–Trinajstić information content (AvgIpc) is 2.83. The van der Waals surface area contributed by atoms with Crippen LogP contribution in [0.5, 0.6) is 0 Å². The minimum absolute atomic E-state index is 0.0661. The molecule has 1 amide bonds. The van der Waals surface area contributed by atoms with Gasteiger partial charge in [0.25, 0.3) is 0 Å². The second-order valence-corrected chi connectivity index (χ2v) is 8.76. The highest BCUT2D eigenvalue weighted by Crippen LogP contribution is 2.24. The van der Waals surface area contributed by atoms with Gasteiger partial charge in [0.2, 0.25) is 5.91 Å². The number of hydrogen-bond donors (Lipinski definition) is 1. The molecule has 0 atom stereocenters. The van der Waals surface area contributed by atoms with Crippen molar-refractivity contribution in [1.82, 2.24) is 15.3 Å². The molecular formula is C23H23ClFN5OS. The summed E-state index contributed by atoms with van der Waals surface area (Å²) < 4.78 is 14.0. The zero-order valence-corrected chi connectivity index (χ0v) is 18.9. The largest absolute Gasteiger partial charge is 0.366 e. The molecule has 0 unspecified atom stereocenters. The topological polar surface area (TPSA) is 61.4 Å². The summed E-state index contributed by atoms with van der Waals surface area (Å²) in [5, 5.41) is 4.31. The molecule has 9 heteroatoms. The smallest absolute Gasteiger partial charge is 0.230 e. The highest BCUT2D eigenvalue weighted by molar-refractivity contribution is 7.99. The third-order valence-corrected chi connectivity index (χ3v) is 6.36. The van der Waals surface area contributed by atoms with Gasteiger partial charge in [0, 0.05) is 43.8 Å². The molecule has 0 radical (unpaired) electrons. The Kier molecular flexibility index (Phi) is 7.44. The molecule has 1 aliphatic rings. The average molecular weight is 472 g/mol. The molecule has 1 saturated heterocycles. The van der Waals surface area contributed by atoms with Crippen molar-refractivity contribution in [2.75, 3.05) is 41.7 Å². The van der Waals surface area contributed by atoms with Gasteiger partial charge in [-0.3, -0.25) is 4.79 Å². The van der Waals surface area contributed by atoms with Crippen LogP contribution in [0.4, 0.5) is 15.9 Å². The van der Waals surface area contributed by atoms with Crippen molar-refractivity contribution in [2.24, 2.45) is 0 Å². The van der Waals surface area contributed by atoms with Crippen LogP contribution in [0.2, 0.25) is 5.02 Å². The normalized spacial score (nSPS) is 13.8. The van der Waals surface area contributed by atoms with Crippen molar-refractivity contribution in [2.45, 2.75) is 11.6 Å². The molecule has 0 spiro atoms. The van der Waals surface area contributed by atoms with E-state index in [0.717, 1.165) is 29.5 Å². The van der Waals surface area contributed by atoms with Crippen LogP contribution >= 0.6 is 23.4 Å². The highest BCUT2D eigenvalue weighted by Gasteiger charge is 2.20. The van der Waals surface area contributed by atoms with Gasteiger partial charge in [0.15, 0.2) is 0 Å². The van der Waals surface area contributed by atoms with E-state index in [2.05, 4.69) is 20.2 Å². The number of amides is 1. The summed E-state index contributed by atoms with van der Waals surface area (Å²) in [6.07, 6.45) is 1.52. The van der Waals surface area contributed by atoms with Crippen LogP contribution in [0.15, 0.2) is 66.0 Å². The first-order chi connectivity index (χ1) is 15.6. The third kappa shape index (κ3) is 5.89. The number of thioether (sulfide) groups is 1. The number of halogens is 2. The van der Waals surface area contributed by atoms with E-state index >= 15 is 0 Å². The Labute approximate surface area is 195 Å². The lowest BCUT2D eigenvalue weighted by Gasteiger charge is -2.36. The van der Waals surface area contributed by atoms with Crippen LogP contribution in [-0.2, 0) is 11.3 Å². The van der Waals surface area contributed by atoms with Crippen LogP contribution in [0.1, 0.15) is 5.56 Å². The number of para-hydroxylation sites is 1. The third-order valence-electron chi connectivity index (χ3n) is 5.18. The predicted octanol–water partition coefficient (Wildman–Crippen LogP) is 4.00. The zero-order valence-electron chi connectivity index (χ0n) is 17.4. The Morgan fingerprint density at radius 2 is 1.75 bits per heavy atom. The first-order valence-electron chi connectivity index (χ1n) is 10.3. The number of anilines is 2. The van der Waals surface area contributed by atoms with Crippen LogP contribution in [0.3, 0.4) is 0 Å². The molecule has 1 fully saturated rings. The molecule has 2 aromatic carbocycles. The summed E-state index contributed by atoms with van der Waals surface area (Å²) in [6.45, 7) is 3.34. The molecule has 166 valence electrons. The van der Waals surface area contributed by atoms with Gasteiger partial charge < -0.3 is 15.1 Å². The molecule has 0 saturated carbocycles. The summed E-state index contributed by atoms with van der Waals surface area (Å²) >= 11 is 7.25. The fourth-order valence-corrected chi connectivity index (χ4v) is 4.28. The molecule has 1 aliphatic heterocycles. The van der Waals surface area contributed by atoms with Crippen molar-refractivity contribution in [1.29, 1.82) is 0 Å². The molecule has 4 rings (SSSR count). The Hall–Kier alpha value is -2.84. The number of aromatic nitrogens is 2. The van der Waals surface area contributed by atoms with Gasteiger partial charge in [-0.15, -0.1) is 0 Å². The number of rotatable bonds is 7. The van der Waals surface area contributed by atoms with Crippen molar-refractivity contribution in [3.63, 3.8) is 0 Å². The Balaban J connectivity index is 1.27. The van der Waals surface area contributed by atoms with Crippen LogP contribution in [-0.4, -0.2) is 47.8 Å². The fraction of sp³-hybridized carbons (Fsp3) is 0.261. The van der Waals surface area contributed by atoms with E-state index < -0.39 is 0 Å². The molecule has 32 heavy (non-hydrogen) atoms. The van der Waals surface area contributed by atoms with Gasteiger partial charge in [0.1, 0.15) is 23.0 Å². The van der Waals surface area contributed by atoms with Gasteiger partial charge in [0.05, 0.1) is 11.4 Å². The maximum absolute atomic E-state index is 14.0. The number of piperazine rings is 1. The maximum Gasteiger partial charge on any atom is 0.230 e. The first kappa shape index (κ1) is 22.4. The monoisotopic (exact) mass is 471 g/mol. The van der Waals surface area contributed by atoms with E-state index in [9.17, 15) is 9.18 Å². The molecule has 6 nitrogen and oxygen atoms in total. The SMILES string of the molecule is O=C(CSc1cc(N2CCN(c3ccccc3F)CC2)ncn1)NCc1ccc(Cl)cc1. The second-order valence-electron chi connectivity index (χ2n) is 7.33. The molecule has 0 bridgehead atoms. The number of carbonyl (C=O) groups excluding carboxylic acids is 1. The Morgan fingerprint density at radius 1 is 1.03 bits per heavy atom. The van der Waals surface area contributed by atoms with Gasteiger partial charge in [-0.2, -0.15) is 0 Å². The van der Waals surface area contributed by atoms with Crippen LogP contribution in [0.25, 0.3) is 0 Å². The number of carbonyl (C=O) groups is 1. The Bertz CT molecular complexity index is 1060. The minimum Gasteiger partial charge on any atom is -0.366 e. The van der Waals surface area contributed by atoms with Crippen molar-refractivity contribution >= 4 is 40.8 Å². The molecule has 3 aromatic rings. The van der Waals surface area contributed by atoms with E-state index in [1.54, 1.807) is 18.2 Å². The van der Waals surface area contributed by atoms with E-state index in [-0.39, 0.29) is 17.5 Å². The molecule has 1 N–H and O–H groups in total. The van der Waals surface area contributed by atoms with Gasteiger partial charge in [-0.1, -0.05) is 47.6 Å². The van der Waals surface area contributed by atoms with E-state index in [0.29, 0.717) is 30.3 Å². The Morgan fingerprint density at radius 3 is 2.50 bits per heavy atom. The lowest BCUT2D eigenvalue weighted by atomic mass is 10.2. The van der Waals surface area contributed by atoms with Crippen molar-refractivity contribution in [3.05, 3.63) is 77.3 Å². The van der Waals surface area contributed by atoms with E-state index in [1.807, 2.05) is 35.2 Å². The van der Waals surface area contributed by atoms with Gasteiger partial charge in [-0.25, -0.2) is 14.4 Å². The summed E-state index contributed by atoms with van der Waals surface area (Å²) in [5.74, 6) is 0.822. The van der Waals surface area contributed by atoms with Crippen LogP contribution < -0.4 is 15.1 Å². The summed E-state index contributed by atoms with van der Waals surface area (Å²) in [7, 11) is 0. The minimum atomic E-state index is -0.198. The van der Waals surface area contributed by atoms with E-state index in [4.69, 9.17) is 11.6 Å². The van der Waals surface area contributed by atoms with Gasteiger partial charge >= 0.3 is 0 Å². The summed E-state index contributed by atoms with van der Waals surface area (Å²) in [5.41, 5.74) is 1.63. The number of hydrogen-bond acceptors (Lipinski definition) is 6. The quantitative estimate of drug-likeness (QED) is 0.415. The lowest BCUT2D eigenvalue weighted by Crippen LogP contribution is -2.47. The summed E-state index contributed by atoms with van der Waals surface area (Å²) in [4.78, 5) is 25.1. The van der Waals surface area contributed by atoms with Crippen LogP contribution in [0, 0.1) is 5.82 Å². The standard InChI is InChI=1S/C23H23ClFN5OS/c24-18-7-5-17(6-8-18)14-26-22(31)15-32-23-13-21(27-16-28-23)30-11-9-29(10-12-30)20-4-2-1-3-19(20)25/h1-8,13,16H,9-12,14-15H2,(H,26,31). The maximum atomic E-state index is 14.0. The summed E-state index contributed by atoms with van der Waals surface area (Å²) in [6, 6.07) is 16.1. The van der Waals surface area contributed by atoms with Gasteiger partial charge in [-0.05, 0) is 29.8 Å². The number of benzene rings is 2.